The molecule has 0 spiro atoms. The molecule has 2 aromatic rings. The van der Waals surface area contributed by atoms with Crippen LogP contribution in [-0.4, -0.2) is 0 Å². The molecule has 2 heterocycles. The first-order valence-electron chi connectivity index (χ1n) is 4.76. The third-order valence-electron chi connectivity index (χ3n) is 2.40. The van der Waals surface area contributed by atoms with Gasteiger partial charge in [0.2, 0.25) is 0 Å². The van der Waals surface area contributed by atoms with E-state index >= 15 is 0 Å². The van der Waals surface area contributed by atoms with Crippen LogP contribution in [0.15, 0.2) is 21.0 Å². The Kier molecular flexibility index (Phi) is 2.19. The summed E-state index contributed by atoms with van der Waals surface area (Å²) in [4.78, 5) is 0. The normalized spacial score (nSPS) is 10.8. The lowest BCUT2D eigenvalue weighted by Gasteiger charge is -1.96. The lowest BCUT2D eigenvalue weighted by molar-refractivity contribution is 0.487. The summed E-state index contributed by atoms with van der Waals surface area (Å²) < 4.78 is 10.7. The summed E-state index contributed by atoms with van der Waals surface area (Å²) in [5.41, 5.74) is 13.2. The van der Waals surface area contributed by atoms with Gasteiger partial charge in [0.05, 0.1) is 6.42 Å². The van der Waals surface area contributed by atoms with Crippen LogP contribution in [0.4, 0.5) is 11.8 Å². The summed E-state index contributed by atoms with van der Waals surface area (Å²) in [7, 11) is 0. The summed E-state index contributed by atoms with van der Waals surface area (Å²) in [5.74, 6) is 2.51. The molecule has 80 valence electrons. The van der Waals surface area contributed by atoms with Gasteiger partial charge in [-0.2, -0.15) is 0 Å². The Labute approximate surface area is 87.9 Å². The zero-order valence-electron chi connectivity index (χ0n) is 8.83. The van der Waals surface area contributed by atoms with E-state index in [0.717, 1.165) is 22.6 Å². The molecule has 0 aromatic carbocycles. The zero-order valence-corrected chi connectivity index (χ0v) is 8.83. The van der Waals surface area contributed by atoms with Crippen LogP contribution in [0.5, 0.6) is 0 Å². The van der Waals surface area contributed by atoms with E-state index in [1.807, 2.05) is 13.8 Å². The quantitative estimate of drug-likeness (QED) is 0.789. The molecule has 4 nitrogen and oxygen atoms in total. The molecule has 0 fully saturated rings. The first-order chi connectivity index (χ1) is 7.06. The standard InChI is InChI=1S/C11H14N2O2/c1-6-3-10(12)14-8(6)5-9-7(2)4-11(13)15-9/h3-4H,5,12-13H2,1-2H3. The predicted molar refractivity (Wildman–Crippen MR) is 58.5 cm³/mol. The molecule has 15 heavy (non-hydrogen) atoms. The van der Waals surface area contributed by atoms with Gasteiger partial charge in [0.15, 0.2) is 11.8 Å². The highest BCUT2D eigenvalue weighted by molar-refractivity contribution is 5.38. The van der Waals surface area contributed by atoms with Crippen LogP contribution in [0.2, 0.25) is 0 Å². The molecule has 2 aromatic heterocycles. The van der Waals surface area contributed by atoms with Gasteiger partial charge in [0.1, 0.15) is 11.5 Å². The largest absolute Gasteiger partial charge is 0.445 e. The van der Waals surface area contributed by atoms with E-state index in [1.54, 1.807) is 12.1 Å². The van der Waals surface area contributed by atoms with Crippen molar-refractivity contribution < 1.29 is 8.83 Å². The maximum atomic E-state index is 5.55. The summed E-state index contributed by atoms with van der Waals surface area (Å²) >= 11 is 0. The minimum Gasteiger partial charge on any atom is -0.445 e. The Morgan fingerprint density at radius 1 is 0.933 bits per heavy atom. The zero-order chi connectivity index (χ0) is 11.0. The molecule has 0 saturated heterocycles. The Hall–Kier alpha value is -1.84. The van der Waals surface area contributed by atoms with Crippen molar-refractivity contribution in [3.8, 4) is 0 Å². The van der Waals surface area contributed by atoms with Crippen molar-refractivity contribution >= 4 is 11.8 Å². The average molecular weight is 206 g/mol. The van der Waals surface area contributed by atoms with Crippen molar-refractivity contribution in [2.45, 2.75) is 20.3 Å². The minimum atomic E-state index is 0.430. The molecule has 4 heteroatoms. The van der Waals surface area contributed by atoms with Gasteiger partial charge in [-0.15, -0.1) is 0 Å². The third-order valence-corrected chi connectivity index (χ3v) is 2.40. The Balaban J connectivity index is 2.29. The number of aryl methyl sites for hydroxylation is 2. The van der Waals surface area contributed by atoms with E-state index in [0.29, 0.717) is 18.2 Å². The summed E-state index contributed by atoms with van der Waals surface area (Å²) in [6.07, 6.45) is 0.589. The second-order valence-corrected chi connectivity index (χ2v) is 3.69. The van der Waals surface area contributed by atoms with Gasteiger partial charge in [-0.05, 0) is 25.0 Å². The van der Waals surface area contributed by atoms with Crippen molar-refractivity contribution in [1.29, 1.82) is 0 Å². The average Bonchev–Trinajstić information content (AvgIpc) is 2.58. The Morgan fingerprint density at radius 3 is 1.60 bits per heavy atom. The SMILES string of the molecule is Cc1cc(N)oc1Cc1oc(N)cc1C. The van der Waals surface area contributed by atoms with Gasteiger partial charge in [-0.25, -0.2) is 0 Å². The molecule has 0 amide bonds. The van der Waals surface area contributed by atoms with E-state index in [1.165, 1.54) is 0 Å². The van der Waals surface area contributed by atoms with Crippen LogP contribution in [0.1, 0.15) is 22.6 Å². The van der Waals surface area contributed by atoms with E-state index in [4.69, 9.17) is 20.3 Å². The molecule has 0 unspecified atom stereocenters. The van der Waals surface area contributed by atoms with Gasteiger partial charge >= 0.3 is 0 Å². The highest BCUT2D eigenvalue weighted by Crippen LogP contribution is 2.24. The molecule has 0 radical (unpaired) electrons. The number of nitrogen functional groups attached to an aromatic ring is 2. The van der Waals surface area contributed by atoms with Crippen molar-refractivity contribution in [3.05, 3.63) is 34.8 Å². The van der Waals surface area contributed by atoms with Gasteiger partial charge in [0, 0.05) is 12.1 Å². The molecule has 0 aliphatic heterocycles. The smallest absolute Gasteiger partial charge is 0.190 e. The van der Waals surface area contributed by atoms with E-state index in [-0.39, 0.29) is 0 Å². The molecule has 0 saturated carbocycles. The fourth-order valence-electron chi connectivity index (χ4n) is 1.59. The number of anilines is 2. The highest BCUT2D eigenvalue weighted by atomic mass is 16.4. The van der Waals surface area contributed by atoms with E-state index in [9.17, 15) is 0 Å². The minimum absolute atomic E-state index is 0.430. The lowest BCUT2D eigenvalue weighted by atomic mass is 10.1. The number of hydrogen-bond donors (Lipinski definition) is 2. The molecule has 2 rings (SSSR count). The number of furan rings is 2. The topological polar surface area (TPSA) is 78.3 Å². The maximum Gasteiger partial charge on any atom is 0.190 e. The molecule has 0 aliphatic rings. The van der Waals surface area contributed by atoms with Gasteiger partial charge < -0.3 is 20.3 Å². The molecular weight excluding hydrogens is 192 g/mol. The second kappa shape index (κ2) is 3.38. The number of nitrogens with two attached hydrogens (primary N) is 2. The lowest BCUT2D eigenvalue weighted by Crippen LogP contribution is -1.88. The molecule has 0 aliphatic carbocycles. The third kappa shape index (κ3) is 1.83. The van der Waals surface area contributed by atoms with Crippen molar-refractivity contribution in [2.75, 3.05) is 11.5 Å². The fourth-order valence-corrected chi connectivity index (χ4v) is 1.59. The Morgan fingerprint density at radius 2 is 1.33 bits per heavy atom. The Bertz CT molecular complexity index is 438. The van der Waals surface area contributed by atoms with Crippen LogP contribution >= 0.6 is 0 Å². The molecule has 0 atom stereocenters. The van der Waals surface area contributed by atoms with Crippen LogP contribution < -0.4 is 11.5 Å². The predicted octanol–water partition coefficient (Wildman–Crippen LogP) is 2.24. The molecule has 0 bridgehead atoms. The monoisotopic (exact) mass is 206 g/mol. The van der Waals surface area contributed by atoms with Gasteiger partial charge in [0.25, 0.3) is 0 Å². The first-order valence-corrected chi connectivity index (χ1v) is 4.76. The fraction of sp³-hybridized carbons (Fsp3) is 0.273. The van der Waals surface area contributed by atoms with Crippen LogP contribution in [-0.2, 0) is 6.42 Å². The first kappa shape index (κ1) is 9.71. The van der Waals surface area contributed by atoms with E-state index < -0.39 is 0 Å². The second-order valence-electron chi connectivity index (χ2n) is 3.69. The van der Waals surface area contributed by atoms with Crippen molar-refractivity contribution in [2.24, 2.45) is 0 Å². The summed E-state index contributed by atoms with van der Waals surface area (Å²) in [6, 6.07) is 3.61. The van der Waals surface area contributed by atoms with Crippen LogP contribution in [0.3, 0.4) is 0 Å². The van der Waals surface area contributed by atoms with Crippen LogP contribution in [0, 0.1) is 13.8 Å². The number of rotatable bonds is 2. The molecule has 4 N–H and O–H groups in total. The van der Waals surface area contributed by atoms with Gasteiger partial charge in [-0.1, -0.05) is 0 Å². The van der Waals surface area contributed by atoms with Crippen LogP contribution in [0.25, 0.3) is 0 Å². The van der Waals surface area contributed by atoms with E-state index in [2.05, 4.69) is 0 Å². The van der Waals surface area contributed by atoms with Crippen molar-refractivity contribution in [3.63, 3.8) is 0 Å². The van der Waals surface area contributed by atoms with Crippen molar-refractivity contribution in [1.82, 2.24) is 0 Å². The molecular formula is C11H14N2O2. The maximum absolute atomic E-state index is 5.55. The highest BCUT2D eigenvalue weighted by Gasteiger charge is 2.11. The number of hydrogen-bond acceptors (Lipinski definition) is 4. The summed E-state index contributed by atoms with van der Waals surface area (Å²) in [6.45, 7) is 3.91. The van der Waals surface area contributed by atoms with Gasteiger partial charge in [-0.3, -0.25) is 0 Å². The summed E-state index contributed by atoms with van der Waals surface area (Å²) in [5, 5.41) is 0.